The van der Waals surface area contributed by atoms with Crippen LogP contribution in [0.1, 0.15) is 39.5 Å². The number of amides is 3. The SMILES string of the molecule is CCC(CC)CNC(=O)Cn1cccc(NC(=O)[C@H](CC/C=C/C(=O)OC)NC(=O)OP)c1=O. The lowest BCUT2D eigenvalue weighted by atomic mass is 10.0. The zero-order valence-corrected chi connectivity index (χ0v) is 20.8. The van der Waals surface area contributed by atoms with Gasteiger partial charge in [0.05, 0.1) is 16.6 Å². The monoisotopic (exact) mass is 496 g/mol. The first-order chi connectivity index (χ1) is 16.2. The molecular weight excluding hydrogens is 463 g/mol. The van der Waals surface area contributed by atoms with E-state index in [9.17, 15) is 24.0 Å². The van der Waals surface area contributed by atoms with E-state index in [1.54, 1.807) is 9.47 Å². The fourth-order valence-corrected chi connectivity index (χ4v) is 3.05. The van der Waals surface area contributed by atoms with Gasteiger partial charge in [0.15, 0.2) is 0 Å². The molecule has 3 amide bonds. The van der Waals surface area contributed by atoms with Crippen molar-refractivity contribution in [3.63, 3.8) is 0 Å². The largest absolute Gasteiger partial charge is 0.466 e. The number of esters is 1. The van der Waals surface area contributed by atoms with E-state index in [1.165, 1.54) is 42.2 Å². The molecule has 188 valence electrons. The van der Waals surface area contributed by atoms with Gasteiger partial charge in [-0.3, -0.25) is 14.4 Å². The van der Waals surface area contributed by atoms with Gasteiger partial charge in [-0.15, -0.1) is 0 Å². The standard InChI is InChI=1S/C22H33N4O7P/c1-4-15(5-2)13-23-18(27)14-26-12-8-10-17(21(26)30)24-20(29)16(25-22(31)33-34)9-6-7-11-19(28)32-3/h7-8,10-12,15-16H,4-6,9,13-14,34H2,1-3H3,(H,23,27)(H,24,29)(H,25,31)/b11-7+/t16-/m0/s1. The van der Waals surface area contributed by atoms with Crippen LogP contribution in [0.3, 0.4) is 0 Å². The van der Waals surface area contributed by atoms with Gasteiger partial charge in [0.25, 0.3) is 5.56 Å². The van der Waals surface area contributed by atoms with Crippen LogP contribution < -0.4 is 21.5 Å². The van der Waals surface area contributed by atoms with Crippen molar-refractivity contribution < 1.29 is 28.4 Å². The molecule has 2 atom stereocenters. The maximum atomic E-state index is 12.8. The second kappa shape index (κ2) is 15.6. The van der Waals surface area contributed by atoms with Crippen LogP contribution in [0.4, 0.5) is 10.5 Å². The summed E-state index contributed by atoms with van der Waals surface area (Å²) < 4.78 is 10.2. The highest BCUT2D eigenvalue weighted by Gasteiger charge is 2.22. The van der Waals surface area contributed by atoms with Crippen molar-refractivity contribution in [1.82, 2.24) is 15.2 Å². The Hall–Kier alpha value is -3.20. The van der Waals surface area contributed by atoms with E-state index in [2.05, 4.69) is 25.2 Å². The van der Waals surface area contributed by atoms with Crippen LogP contribution in [-0.2, 0) is 30.2 Å². The van der Waals surface area contributed by atoms with Gasteiger partial charge in [-0.1, -0.05) is 32.8 Å². The van der Waals surface area contributed by atoms with Gasteiger partial charge in [-0.25, -0.2) is 9.59 Å². The molecule has 0 spiro atoms. The Kier molecular flexibility index (Phi) is 13.2. The van der Waals surface area contributed by atoms with Gasteiger partial charge in [-0.2, -0.15) is 0 Å². The molecule has 0 fully saturated rings. The maximum Gasteiger partial charge on any atom is 0.409 e. The Bertz CT molecular complexity index is 928. The number of nitrogens with one attached hydrogen (secondary N) is 3. The number of carbonyl (C=O) groups excluding carboxylic acids is 4. The molecule has 0 aromatic carbocycles. The lowest BCUT2D eigenvalue weighted by molar-refractivity contribution is -0.134. The third-order valence-corrected chi connectivity index (χ3v) is 5.34. The average molecular weight is 497 g/mol. The summed E-state index contributed by atoms with van der Waals surface area (Å²) in [6.07, 6.45) is 5.56. The van der Waals surface area contributed by atoms with E-state index in [0.29, 0.717) is 12.5 Å². The molecule has 0 saturated carbocycles. The highest BCUT2D eigenvalue weighted by Crippen LogP contribution is 2.07. The van der Waals surface area contributed by atoms with Crippen molar-refractivity contribution in [2.45, 2.75) is 52.1 Å². The lowest BCUT2D eigenvalue weighted by Crippen LogP contribution is -2.44. The molecule has 0 bridgehead atoms. The zero-order chi connectivity index (χ0) is 25.5. The van der Waals surface area contributed by atoms with Crippen LogP contribution in [0.25, 0.3) is 0 Å². The highest BCUT2D eigenvalue weighted by atomic mass is 31.0. The molecule has 3 N–H and O–H groups in total. The minimum atomic E-state index is -1.05. The number of anilines is 1. The quantitative estimate of drug-likeness (QED) is 0.214. The average Bonchev–Trinajstić information content (AvgIpc) is 2.83. The van der Waals surface area contributed by atoms with Gasteiger partial charge in [0.2, 0.25) is 11.8 Å². The fourth-order valence-electron chi connectivity index (χ4n) is 2.98. The molecule has 1 aromatic heterocycles. The molecule has 0 radical (unpaired) electrons. The third kappa shape index (κ3) is 10.2. The Balaban J connectivity index is 2.86. The van der Waals surface area contributed by atoms with Gasteiger partial charge in [0, 0.05) is 18.8 Å². The van der Waals surface area contributed by atoms with E-state index in [4.69, 9.17) is 0 Å². The second-order valence-electron chi connectivity index (χ2n) is 7.44. The Morgan fingerprint density at radius 3 is 2.53 bits per heavy atom. The predicted octanol–water partition coefficient (Wildman–Crippen LogP) is 1.73. The van der Waals surface area contributed by atoms with Crippen LogP contribution >= 0.6 is 9.47 Å². The van der Waals surface area contributed by atoms with Crippen molar-refractivity contribution in [2.24, 2.45) is 5.92 Å². The second-order valence-corrected chi connectivity index (χ2v) is 7.67. The van der Waals surface area contributed by atoms with Crippen molar-refractivity contribution in [2.75, 3.05) is 19.0 Å². The number of hydrogen-bond donors (Lipinski definition) is 3. The maximum absolute atomic E-state index is 12.8. The molecule has 0 aliphatic rings. The van der Waals surface area contributed by atoms with Gasteiger partial charge < -0.3 is 29.8 Å². The molecule has 1 aromatic rings. The molecule has 0 aliphatic carbocycles. The molecule has 11 nitrogen and oxygen atoms in total. The Morgan fingerprint density at radius 2 is 1.91 bits per heavy atom. The number of pyridine rings is 1. The summed E-state index contributed by atoms with van der Waals surface area (Å²) in [5.74, 6) is -1.15. The smallest absolute Gasteiger partial charge is 0.409 e. The zero-order valence-electron chi connectivity index (χ0n) is 19.7. The lowest BCUT2D eigenvalue weighted by Gasteiger charge is -2.17. The van der Waals surface area contributed by atoms with Gasteiger partial charge in [-0.05, 0) is 30.9 Å². The van der Waals surface area contributed by atoms with Gasteiger partial charge >= 0.3 is 12.1 Å². The molecule has 0 saturated heterocycles. The Labute approximate surface area is 200 Å². The number of aromatic nitrogens is 1. The van der Waals surface area contributed by atoms with E-state index >= 15 is 0 Å². The summed E-state index contributed by atoms with van der Waals surface area (Å²) in [7, 11) is 3.01. The van der Waals surface area contributed by atoms with Crippen LogP contribution in [0.15, 0.2) is 35.3 Å². The minimum Gasteiger partial charge on any atom is -0.466 e. The van der Waals surface area contributed by atoms with Crippen molar-refractivity contribution in [1.29, 1.82) is 0 Å². The number of methoxy groups -OCH3 is 1. The van der Waals surface area contributed by atoms with Gasteiger partial charge in [0.1, 0.15) is 18.3 Å². The molecule has 1 unspecified atom stereocenters. The van der Waals surface area contributed by atoms with Crippen LogP contribution in [0.5, 0.6) is 0 Å². The summed E-state index contributed by atoms with van der Waals surface area (Å²) in [6, 6.07) is 1.89. The summed E-state index contributed by atoms with van der Waals surface area (Å²) in [4.78, 5) is 60.5. The van der Waals surface area contributed by atoms with E-state index < -0.39 is 29.6 Å². The number of rotatable bonds is 13. The molecule has 1 heterocycles. The van der Waals surface area contributed by atoms with E-state index in [1.807, 2.05) is 13.8 Å². The Morgan fingerprint density at radius 1 is 1.21 bits per heavy atom. The topological polar surface area (TPSA) is 145 Å². The third-order valence-electron chi connectivity index (χ3n) is 5.13. The number of ether oxygens (including phenoxy) is 1. The normalized spacial score (nSPS) is 11.7. The van der Waals surface area contributed by atoms with E-state index in [-0.39, 0.29) is 31.0 Å². The summed E-state index contributed by atoms with van der Waals surface area (Å²) in [6.45, 7) is 4.43. The number of allylic oxidation sites excluding steroid dienone is 1. The minimum absolute atomic E-state index is 0.0450. The highest BCUT2D eigenvalue weighted by molar-refractivity contribution is 7.10. The first-order valence-corrected chi connectivity index (χ1v) is 11.4. The molecular formula is C22H33N4O7P. The van der Waals surface area contributed by atoms with Crippen molar-refractivity contribution >= 4 is 39.0 Å². The molecule has 1 rings (SSSR count). The summed E-state index contributed by atoms with van der Waals surface area (Å²) in [5, 5.41) is 7.68. The molecule has 12 heteroatoms. The van der Waals surface area contributed by atoms with Crippen molar-refractivity contribution in [3.05, 3.63) is 40.8 Å². The molecule has 0 aliphatic heterocycles. The number of hydrogen-bond acceptors (Lipinski definition) is 7. The molecule has 34 heavy (non-hydrogen) atoms. The number of carbonyl (C=O) groups is 4. The predicted molar refractivity (Wildman–Crippen MR) is 130 cm³/mol. The van der Waals surface area contributed by atoms with Crippen LogP contribution in [0.2, 0.25) is 0 Å². The van der Waals surface area contributed by atoms with Crippen LogP contribution in [0, 0.1) is 5.92 Å². The first-order valence-electron chi connectivity index (χ1n) is 10.9. The number of nitrogens with zero attached hydrogens (tertiary/aromatic N) is 1. The summed E-state index contributed by atoms with van der Waals surface area (Å²) >= 11 is 0. The van der Waals surface area contributed by atoms with Crippen molar-refractivity contribution in [3.8, 4) is 0 Å². The fraction of sp³-hybridized carbons (Fsp3) is 0.500. The van der Waals surface area contributed by atoms with Crippen LogP contribution in [-0.4, -0.2) is 48.1 Å². The first kappa shape index (κ1) is 28.8. The van der Waals surface area contributed by atoms with E-state index in [0.717, 1.165) is 12.8 Å². The summed E-state index contributed by atoms with van der Waals surface area (Å²) in [5.41, 5.74) is -0.608.